The Balaban J connectivity index is 0.996. The molecular formula is C49H52N2. The van der Waals surface area contributed by atoms with Crippen LogP contribution in [0.15, 0.2) is 151 Å². The first-order valence-electron chi connectivity index (χ1n) is 20.0. The number of hydrogen-bond donors (Lipinski definition) is 0. The van der Waals surface area contributed by atoms with E-state index in [1.165, 1.54) is 66.6 Å². The topological polar surface area (TPSA) is 6.48 Å². The minimum atomic E-state index is 0.0987. The third-order valence-electron chi connectivity index (χ3n) is 14.1. The summed E-state index contributed by atoms with van der Waals surface area (Å²) in [5.74, 6) is 2.83. The van der Waals surface area contributed by atoms with E-state index in [1.807, 2.05) is 0 Å². The summed E-state index contributed by atoms with van der Waals surface area (Å²) in [6.45, 7) is 2.62. The maximum atomic E-state index is 2.85. The molecule has 2 aromatic carbocycles. The largest absolute Gasteiger partial charge is 0.361 e. The lowest BCUT2D eigenvalue weighted by molar-refractivity contribution is 0.133. The zero-order valence-electron chi connectivity index (χ0n) is 30.2. The van der Waals surface area contributed by atoms with Crippen molar-refractivity contribution >= 4 is 16.9 Å². The number of hydrogen-bond acceptors (Lipinski definition) is 2. The molecule has 0 N–H and O–H groups in total. The Morgan fingerprint density at radius 2 is 1.69 bits per heavy atom. The van der Waals surface area contributed by atoms with E-state index in [2.05, 4.69) is 156 Å². The van der Waals surface area contributed by atoms with Crippen LogP contribution < -0.4 is 4.90 Å². The zero-order valence-corrected chi connectivity index (χ0v) is 30.2. The minimum absolute atomic E-state index is 0.0987. The van der Waals surface area contributed by atoms with Gasteiger partial charge >= 0.3 is 0 Å². The van der Waals surface area contributed by atoms with Gasteiger partial charge < -0.3 is 9.80 Å². The lowest BCUT2D eigenvalue weighted by atomic mass is 9.59. The van der Waals surface area contributed by atoms with Crippen LogP contribution in [0.5, 0.6) is 0 Å². The summed E-state index contributed by atoms with van der Waals surface area (Å²) in [5, 5.41) is 0. The fraction of sp³-hybridized carbons (Fsp3) is 0.388. The molecule has 1 saturated heterocycles. The van der Waals surface area contributed by atoms with E-state index in [9.17, 15) is 0 Å². The summed E-state index contributed by atoms with van der Waals surface area (Å²) in [6, 6.07) is 20.0. The van der Waals surface area contributed by atoms with E-state index in [1.54, 1.807) is 11.3 Å². The second-order valence-electron chi connectivity index (χ2n) is 16.8. The van der Waals surface area contributed by atoms with Crippen LogP contribution >= 0.6 is 0 Å². The molecular weight excluding hydrogens is 617 g/mol. The van der Waals surface area contributed by atoms with Crippen molar-refractivity contribution in [2.24, 2.45) is 29.1 Å². The Bertz CT molecular complexity index is 1980. The lowest BCUT2D eigenvalue weighted by Gasteiger charge is -2.49. The Labute approximate surface area is 305 Å². The van der Waals surface area contributed by atoms with E-state index in [0.717, 1.165) is 25.2 Å². The first-order valence-corrected chi connectivity index (χ1v) is 20.0. The molecule has 10 rings (SSSR count). The normalized spacial score (nSPS) is 35.9. The average Bonchev–Trinajstić information content (AvgIpc) is 3.71. The molecule has 6 aliphatic carbocycles. The van der Waals surface area contributed by atoms with Gasteiger partial charge in [-0.15, -0.1) is 0 Å². The number of para-hydroxylation sites is 1. The molecule has 51 heavy (non-hydrogen) atoms. The Hall–Kier alpha value is -4.30. The van der Waals surface area contributed by atoms with Crippen LogP contribution in [-0.2, 0) is 0 Å². The van der Waals surface area contributed by atoms with Crippen molar-refractivity contribution in [1.29, 1.82) is 0 Å². The van der Waals surface area contributed by atoms with Gasteiger partial charge in [0.15, 0.2) is 0 Å². The Morgan fingerprint density at radius 1 is 0.745 bits per heavy atom. The van der Waals surface area contributed by atoms with Crippen molar-refractivity contribution in [1.82, 2.24) is 4.90 Å². The molecule has 0 radical (unpaired) electrons. The molecule has 8 aliphatic rings. The van der Waals surface area contributed by atoms with Gasteiger partial charge in [0.1, 0.15) is 0 Å². The summed E-state index contributed by atoms with van der Waals surface area (Å²) >= 11 is 0. The Morgan fingerprint density at radius 3 is 2.55 bits per heavy atom. The van der Waals surface area contributed by atoms with Gasteiger partial charge in [-0.2, -0.15) is 0 Å². The molecule has 2 heterocycles. The van der Waals surface area contributed by atoms with Gasteiger partial charge in [-0.3, -0.25) is 0 Å². The molecule has 0 spiro atoms. The second kappa shape index (κ2) is 12.7. The first-order chi connectivity index (χ1) is 25.2. The van der Waals surface area contributed by atoms with Crippen LogP contribution in [0.2, 0.25) is 0 Å². The van der Waals surface area contributed by atoms with Crippen LogP contribution in [0.4, 0.5) is 11.4 Å². The van der Waals surface area contributed by atoms with Crippen LogP contribution in [-0.4, -0.2) is 23.0 Å². The van der Waals surface area contributed by atoms with Crippen LogP contribution in [0, 0.1) is 29.1 Å². The first kappa shape index (κ1) is 31.4. The highest BCUT2D eigenvalue weighted by atomic mass is 15.2. The molecule has 0 amide bonds. The molecule has 258 valence electrons. The van der Waals surface area contributed by atoms with Gasteiger partial charge in [-0.25, -0.2) is 0 Å². The van der Waals surface area contributed by atoms with Crippen molar-refractivity contribution in [3.05, 3.63) is 162 Å². The standard InChI is InChI=1S/C49H52N2/c1-49(31-30-47-43(33-49)41-21-9-10-24-45(41)50(47)38-28-26-36(27-29-38)34-14-4-2-5-15-34)44-23-13-22-42-40-20-8-11-25-46(40)51(48(42)44)39-19-12-18-37(32-39)35-16-6-3-7-17-35/h2-4,6,8-13,16,18-22,24-26,28,30-32,34,41-45,47-48H,5,7,14-15,17,23,27,29,33H2,1H3. The molecule has 2 heteroatoms. The highest BCUT2D eigenvalue weighted by Gasteiger charge is 2.55. The minimum Gasteiger partial charge on any atom is -0.361 e. The van der Waals surface area contributed by atoms with Crippen molar-refractivity contribution < 1.29 is 0 Å². The van der Waals surface area contributed by atoms with E-state index in [-0.39, 0.29) is 5.41 Å². The smallest absolute Gasteiger partial charge is 0.0545 e. The number of benzene rings is 2. The third kappa shape index (κ3) is 5.27. The molecule has 1 fully saturated rings. The number of likely N-dealkylation sites (tertiary alicyclic amines) is 1. The SMILES string of the molecule is CC1(C2CC=CC3c4ccccc4N(c4cccc(C5=CC=CCC5)c4)C32)C=CC2C(C1)C1C=CC=CC1N2C1=CC=C(C2CC=CCC2)CC1. The fourth-order valence-electron chi connectivity index (χ4n) is 11.6. The Kier molecular flexibility index (Phi) is 7.85. The van der Waals surface area contributed by atoms with Crippen molar-refractivity contribution in [2.75, 3.05) is 4.90 Å². The summed E-state index contributed by atoms with van der Waals surface area (Å²) in [7, 11) is 0. The van der Waals surface area contributed by atoms with Gasteiger partial charge in [-0.1, -0.05) is 128 Å². The second-order valence-corrected chi connectivity index (χ2v) is 16.8. The summed E-state index contributed by atoms with van der Waals surface area (Å²) in [5.41, 5.74) is 10.4. The molecule has 9 unspecified atom stereocenters. The number of allylic oxidation sites excluding steroid dienone is 14. The third-order valence-corrected chi connectivity index (χ3v) is 14.1. The van der Waals surface area contributed by atoms with Crippen LogP contribution in [0.1, 0.15) is 81.8 Å². The fourth-order valence-corrected chi connectivity index (χ4v) is 11.6. The lowest BCUT2D eigenvalue weighted by Crippen LogP contribution is -2.48. The van der Waals surface area contributed by atoms with Crippen molar-refractivity contribution in [2.45, 2.75) is 88.8 Å². The summed E-state index contributed by atoms with van der Waals surface area (Å²) in [6.07, 6.45) is 47.6. The van der Waals surface area contributed by atoms with E-state index >= 15 is 0 Å². The predicted molar refractivity (Wildman–Crippen MR) is 214 cm³/mol. The summed E-state index contributed by atoms with van der Waals surface area (Å²) in [4.78, 5) is 5.61. The van der Waals surface area contributed by atoms with E-state index < -0.39 is 0 Å². The molecule has 2 aliphatic heterocycles. The van der Waals surface area contributed by atoms with Gasteiger partial charge in [0.2, 0.25) is 0 Å². The van der Waals surface area contributed by atoms with Gasteiger partial charge in [0.05, 0.1) is 12.1 Å². The van der Waals surface area contributed by atoms with Gasteiger partial charge in [0.25, 0.3) is 0 Å². The van der Waals surface area contributed by atoms with Crippen LogP contribution in [0.3, 0.4) is 0 Å². The predicted octanol–water partition coefficient (Wildman–Crippen LogP) is 11.9. The van der Waals surface area contributed by atoms with Crippen molar-refractivity contribution in [3.8, 4) is 0 Å². The molecule has 2 aromatic rings. The molecule has 0 saturated carbocycles. The van der Waals surface area contributed by atoms with Gasteiger partial charge in [-0.05, 0) is 122 Å². The molecule has 0 bridgehead atoms. The zero-order chi connectivity index (χ0) is 33.9. The molecule has 9 atom stereocenters. The molecule has 0 aromatic heterocycles. The average molecular weight is 669 g/mol. The number of fused-ring (bicyclic) bond motifs is 6. The quantitative estimate of drug-likeness (QED) is 0.293. The number of rotatable bonds is 5. The van der Waals surface area contributed by atoms with Gasteiger partial charge in [0, 0.05) is 34.9 Å². The maximum Gasteiger partial charge on any atom is 0.0545 e. The monoisotopic (exact) mass is 668 g/mol. The number of anilines is 2. The van der Waals surface area contributed by atoms with E-state index in [0.29, 0.717) is 41.8 Å². The summed E-state index contributed by atoms with van der Waals surface area (Å²) < 4.78 is 0. The molecule has 2 nitrogen and oxygen atoms in total. The highest BCUT2D eigenvalue weighted by molar-refractivity contribution is 5.78. The van der Waals surface area contributed by atoms with Crippen LogP contribution in [0.25, 0.3) is 5.57 Å². The van der Waals surface area contributed by atoms with Crippen molar-refractivity contribution in [3.63, 3.8) is 0 Å². The maximum absolute atomic E-state index is 2.85. The van der Waals surface area contributed by atoms with E-state index in [4.69, 9.17) is 0 Å². The highest BCUT2D eigenvalue weighted by Crippen LogP contribution is 2.59. The number of nitrogens with zero attached hydrogens (tertiary/aromatic N) is 2.